The minimum Gasteiger partial charge on any atom is -0.481 e. The minimum atomic E-state index is -0.820. The van der Waals surface area contributed by atoms with Crippen molar-refractivity contribution in [2.75, 3.05) is 13.1 Å². The van der Waals surface area contributed by atoms with Crippen molar-refractivity contribution in [3.8, 4) is 0 Å². The van der Waals surface area contributed by atoms with Crippen molar-refractivity contribution in [2.24, 2.45) is 5.92 Å². The van der Waals surface area contributed by atoms with Crippen LogP contribution in [0, 0.1) is 12.8 Å². The Hall–Kier alpha value is -2.04. The first-order chi connectivity index (χ1) is 9.99. The van der Waals surface area contributed by atoms with E-state index in [2.05, 4.69) is 5.32 Å². The first-order valence-electron chi connectivity index (χ1n) is 7.33. The fourth-order valence-electron chi connectivity index (χ4n) is 2.79. The van der Waals surface area contributed by atoms with Gasteiger partial charge in [-0.1, -0.05) is 24.3 Å². The van der Waals surface area contributed by atoms with Gasteiger partial charge in [0.1, 0.15) is 0 Å². The largest absolute Gasteiger partial charge is 0.481 e. The topological polar surface area (TPSA) is 69.6 Å². The Morgan fingerprint density at radius 2 is 2.10 bits per heavy atom. The molecule has 0 bridgehead atoms. The van der Waals surface area contributed by atoms with Crippen LogP contribution < -0.4 is 5.32 Å². The van der Waals surface area contributed by atoms with Gasteiger partial charge in [-0.3, -0.25) is 4.79 Å². The number of likely N-dealkylation sites (tertiary alicyclic amines) is 1. The summed E-state index contributed by atoms with van der Waals surface area (Å²) in [6.07, 6.45) is 1.38. The molecular formula is C16H22N2O3. The molecule has 1 aliphatic heterocycles. The molecule has 1 heterocycles. The molecule has 1 unspecified atom stereocenters. The summed E-state index contributed by atoms with van der Waals surface area (Å²) in [4.78, 5) is 24.9. The van der Waals surface area contributed by atoms with Crippen LogP contribution in [-0.2, 0) is 4.79 Å². The second kappa shape index (κ2) is 6.61. The number of carboxylic acid groups (broad SMARTS) is 1. The van der Waals surface area contributed by atoms with E-state index in [1.165, 1.54) is 0 Å². The van der Waals surface area contributed by atoms with Crippen molar-refractivity contribution < 1.29 is 14.7 Å². The summed E-state index contributed by atoms with van der Waals surface area (Å²) in [6.45, 7) is 4.87. The summed E-state index contributed by atoms with van der Waals surface area (Å²) in [7, 11) is 0. The van der Waals surface area contributed by atoms with Crippen molar-refractivity contribution >= 4 is 12.0 Å². The van der Waals surface area contributed by atoms with Gasteiger partial charge in [-0.15, -0.1) is 0 Å². The fraction of sp³-hybridized carbons (Fsp3) is 0.500. The lowest BCUT2D eigenvalue weighted by molar-refractivity contribution is -0.143. The monoisotopic (exact) mass is 290 g/mol. The number of urea groups is 1. The lowest BCUT2D eigenvalue weighted by atomic mass is 9.98. The highest BCUT2D eigenvalue weighted by Crippen LogP contribution is 2.19. The number of rotatable bonds is 3. The molecule has 2 rings (SSSR count). The van der Waals surface area contributed by atoms with E-state index in [4.69, 9.17) is 5.11 Å². The molecular weight excluding hydrogens is 268 g/mol. The summed E-state index contributed by atoms with van der Waals surface area (Å²) in [5.41, 5.74) is 2.21. The van der Waals surface area contributed by atoms with Crippen LogP contribution in [0.5, 0.6) is 0 Å². The standard InChI is InChI=1S/C16H22N2O3/c1-11-6-3-4-8-14(11)12(2)17-16(21)18-9-5-7-13(10-18)15(19)20/h3-4,6,8,12-13H,5,7,9-10H2,1-2H3,(H,17,21)(H,19,20)/t12?,13-/m0/s1. The van der Waals surface area contributed by atoms with Gasteiger partial charge in [0, 0.05) is 13.1 Å². The Bertz CT molecular complexity index is 530. The number of nitrogens with zero attached hydrogens (tertiary/aromatic N) is 1. The number of nitrogens with one attached hydrogen (secondary N) is 1. The van der Waals surface area contributed by atoms with Crippen molar-refractivity contribution in [2.45, 2.75) is 32.7 Å². The first kappa shape index (κ1) is 15.4. The van der Waals surface area contributed by atoms with Crippen LogP contribution in [-0.4, -0.2) is 35.1 Å². The van der Waals surface area contributed by atoms with Crippen LogP contribution in [0.15, 0.2) is 24.3 Å². The van der Waals surface area contributed by atoms with Gasteiger partial charge in [-0.2, -0.15) is 0 Å². The average molecular weight is 290 g/mol. The SMILES string of the molecule is Cc1ccccc1C(C)NC(=O)N1CCC[C@H](C(=O)O)C1. The summed E-state index contributed by atoms with van der Waals surface area (Å²) in [6, 6.07) is 7.65. The van der Waals surface area contributed by atoms with Crippen LogP contribution in [0.4, 0.5) is 4.79 Å². The Morgan fingerprint density at radius 1 is 1.38 bits per heavy atom. The number of carbonyl (C=O) groups excluding carboxylic acids is 1. The zero-order chi connectivity index (χ0) is 15.4. The highest BCUT2D eigenvalue weighted by Gasteiger charge is 2.28. The molecule has 1 saturated heterocycles. The van der Waals surface area contributed by atoms with E-state index in [1.807, 2.05) is 38.1 Å². The summed E-state index contributed by atoms with van der Waals surface area (Å²) < 4.78 is 0. The van der Waals surface area contributed by atoms with Crippen LogP contribution in [0.25, 0.3) is 0 Å². The third kappa shape index (κ3) is 3.74. The number of hydrogen-bond donors (Lipinski definition) is 2. The third-order valence-electron chi connectivity index (χ3n) is 4.05. The van der Waals surface area contributed by atoms with Gasteiger partial charge in [0.15, 0.2) is 0 Å². The molecule has 1 fully saturated rings. The highest BCUT2D eigenvalue weighted by molar-refractivity contribution is 5.77. The molecule has 21 heavy (non-hydrogen) atoms. The number of aryl methyl sites for hydroxylation is 1. The van der Waals surface area contributed by atoms with E-state index in [0.717, 1.165) is 17.5 Å². The second-order valence-electron chi connectivity index (χ2n) is 5.65. The van der Waals surface area contributed by atoms with Gasteiger partial charge in [0.2, 0.25) is 0 Å². The smallest absolute Gasteiger partial charge is 0.317 e. The van der Waals surface area contributed by atoms with Crippen molar-refractivity contribution in [1.29, 1.82) is 0 Å². The maximum absolute atomic E-state index is 12.3. The maximum atomic E-state index is 12.3. The first-order valence-corrected chi connectivity index (χ1v) is 7.33. The molecule has 0 saturated carbocycles. The lowest BCUT2D eigenvalue weighted by Crippen LogP contribution is -2.47. The molecule has 2 amide bonds. The van der Waals surface area contributed by atoms with Gasteiger partial charge in [0.25, 0.3) is 0 Å². The van der Waals surface area contributed by atoms with Crippen LogP contribution in [0.2, 0.25) is 0 Å². The van der Waals surface area contributed by atoms with Gasteiger partial charge in [-0.05, 0) is 37.8 Å². The number of amides is 2. The van der Waals surface area contributed by atoms with E-state index in [1.54, 1.807) is 4.90 Å². The Morgan fingerprint density at radius 3 is 2.76 bits per heavy atom. The van der Waals surface area contributed by atoms with E-state index in [9.17, 15) is 9.59 Å². The average Bonchev–Trinajstić information content (AvgIpc) is 2.47. The number of hydrogen-bond acceptors (Lipinski definition) is 2. The Kier molecular flexibility index (Phi) is 4.83. The number of carbonyl (C=O) groups is 2. The number of aliphatic carboxylic acids is 1. The Balaban J connectivity index is 1.98. The quantitative estimate of drug-likeness (QED) is 0.899. The van der Waals surface area contributed by atoms with Gasteiger partial charge < -0.3 is 15.3 Å². The van der Waals surface area contributed by atoms with Gasteiger partial charge >= 0.3 is 12.0 Å². The summed E-state index contributed by atoms with van der Waals surface area (Å²) in [5, 5.41) is 12.0. The van der Waals surface area contributed by atoms with E-state index < -0.39 is 11.9 Å². The highest BCUT2D eigenvalue weighted by atomic mass is 16.4. The molecule has 0 radical (unpaired) electrons. The molecule has 1 aliphatic rings. The second-order valence-corrected chi connectivity index (χ2v) is 5.65. The van der Waals surface area contributed by atoms with E-state index in [-0.39, 0.29) is 12.1 Å². The number of carboxylic acids is 1. The lowest BCUT2D eigenvalue weighted by Gasteiger charge is -2.32. The van der Waals surface area contributed by atoms with E-state index >= 15 is 0 Å². The summed E-state index contributed by atoms with van der Waals surface area (Å²) in [5.74, 6) is -1.27. The molecule has 5 heteroatoms. The predicted molar refractivity (Wildman–Crippen MR) is 80.1 cm³/mol. The van der Waals surface area contributed by atoms with Crippen LogP contribution in [0.1, 0.15) is 36.9 Å². The number of benzene rings is 1. The normalized spacial score (nSPS) is 19.9. The zero-order valence-electron chi connectivity index (χ0n) is 12.5. The molecule has 0 aromatic heterocycles. The zero-order valence-corrected chi connectivity index (χ0v) is 12.5. The molecule has 2 atom stereocenters. The number of piperidine rings is 1. The van der Waals surface area contributed by atoms with Crippen LogP contribution >= 0.6 is 0 Å². The summed E-state index contributed by atoms with van der Waals surface area (Å²) >= 11 is 0. The predicted octanol–water partition coefficient (Wildman–Crippen LogP) is 2.56. The molecule has 2 N–H and O–H groups in total. The maximum Gasteiger partial charge on any atom is 0.317 e. The van der Waals surface area contributed by atoms with Crippen LogP contribution in [0.3, 0.4) is 0 Å². The van der Waals surface area contributed by atoms with Gasteiger partial charge in [-0.25, -0.2) is 4.79 Å². The molecule has 1 aromatic rings. The van der Waals surface area contributed by atoms with Crippen molar-refractivity contribution in [3.05, 3.63) is 35.4 Å². The Labute approximate surface area is 125 Å². The van der Waals surface area contributed by atoms with Crippen molar-refractivity contribution in [3.63, 3.8) is 0 Å². The third-order valence-corrected chi connectivity index (χ3v) is 4.05. The molecule has 0 spiro atoms. The van der Waals surface area contributed by atoms with Gasteiger partial charge in [0.05, 0.1) is 12.0 Å². The minimum absolute atomic E-state index is 0.0936. The molecule has 114 valence electrons. The molecule has 0 aliphatic carbocycles. The molecule has 1 aromatic carbocycles. The fourth-order valence-corrected chi connectivity index (χ4v) is 2.79. The van der Waals surface area contributed by atoms with E-state index in [0.29, 0.717) is 19.5 Å². The molecule has 5 nitrogen and oxygen atoms in total. The van der Waals surface area contributed by atoms with Crippen molar-refractivity contribution in [1.82, 2.24) is 10.2 Å².